The van der Waals surface area contributed by atoms with Crippen LogP contribution in [-0.4, -0.2) is 25.7 Å². The van der Waals surface area contributed by atoms with Crippen molar-refractivity contribution in [3.8, 4) is 16.9 Å². The summed E-state index contributed by atoms with van der Waals surface area (Å²) in [4.78, 5) is 15.2. The van der Waals surface area contributed by atoms with Crippen LogP contribution in [0.2, 0.25) is 0 Å². The van der Waals surface area contributed by atoms with Crippen molar-refractivity contribution in [3.63, 3.8) is 0 Å². The molecule has 138 valence electrons. The third kappa shape index (κ3) is 3.01. The number of rotatable bonds is 5. The monoisotopic (exact) mass is 382 g/mol. The molecule has 4 aromatic rings. The molecule has 4 nitrogen and oxygen atoms in total. The number of likely N-dealkylation sites (N-methyl/N-ethyl adjacent to an activating group) is 1. The number of thiophene rings is 1. The Labute approximate surface area is 159 Å². The number of halogens is 1. The highest BCUT2D eigenvalue weighted by Crippen LogP contribution is 2.40. The highest BCUT2D eigenvalue weighted by molar-refractivity contribution is 7.17. The first kappa shape index (κ1) is 17.7. The molecule has 0 atom stereocenters. The van der Waals surface area contributed by atoms with Crippen molar-refractivity contribution in [1.29, 1.82) is 0 Å². The summed E-state index contributed by atoms with van der Waals surface area (Å²) in [5.41, 5.74) is 2.77. The van der Waals surface area contributed by atoms with Gasteiger partial charge in [0.25, 0.3) is 5.56 Å². The highest BCUT2D eigenvalue weighted by atomic mass is 32.1. The van der Waals surface area contributed by atoms with Crippen molar-refractivity contribution in [2.75, 3.05) is 20.7 Å². The lowest BCUT2D eigenvalue weighted by Gasteiger charge is -2.14. The fourth-order valence-corrected chi connectivity index (χ4v) is 4.25. The van der Waals surface area contributed by atoms with Gasteiger partial charge in [-0.05, 0) is 60.8 Å². The predicted octanol–water partition coefficient (Wildman–Crippen LogP) is 4.32. The summed E-state index contributed by atoms with van der Waals surface area (Å²) in [6, 6.07) is 10.8. The van der Waals surface area contributed by atoms with E-state index in [0.717, 1.165) is 21.9 Å². The number of H-pyrrole nitrogens is 1. The molecule has 2 N–H and O–H groups in total. The Morgan fingerprint density at radius 1 is 1.22 bits per heavy atom. The van der Waals surface area contributed by atoms with Crippen molar-refractivity contribution >= 4 is 32.3 Å². The minimum absolute atomic E-state index is 0.114. The maximum absolute atomic E-state index is 14.7. The Morgan fingerprint density at radius 3 is 2.81 bits per heavy atom. The third-order valence-electron chi connectivity index (χ3n) is 4.76. The van der Waals surface area contributed by atoms with E-state index in [1.807, 2.05) is 36.7 Å². The Morgan fingerprint density at radius 2 is 2.07 bits per heavy atom. The number of nitrogens with one attached hydrogen (secondary N) is 2. The van der Waals surface area contributed by atoms with Crippen molar-refractivity contribution in [2.24, 2.45) is 0 Å². The maximum Gasteiger partial charge on any atom is 0.266 e. The number of methoxy groups -OCH3 is 1. The van der Waals surface area contributed by atoms with Gasteiger partial charge in [0, 0.05) is 21.9 Å². The first-order valence-electron chi connectivity index (χ1n) is 8.67. The number of hydrogen-bond donors (Lipinski definition) is 2. The Hall–Kier alpha value is -2.70. The molecule has 0 saturated heterocycles. The Balaban J connectivity index is 2.01. The number of hydrogen-bond acceptors (Lipinski definition) is 4. The second-order valence-corrected chi connectivity index (χ2v) is 7.26. The van der Waals surface area contributed by atoms with Crippen LogP contribution in [0.15, 0.2) is 46.6 Å². The van der Waals surface area contributed by atoms with Gasteiger partial charge < -0.3 is 15.0 Å². The molecule has 0 aliphatic rings. The van der Waals surface area contributed by atoms with E-state index in [0.29, 0.717) is 34.5 Å². The van der Waals surface area contributed by atoms with E-state index in [2.05, 4.69) is 10.3 Å². The first-order valence-corrected chi connectivity index (χ1v) is 9.55. The van der Waals surface area contributed by atoms with Gasteiger partial charge in [-0.15, -0.1) is 11.3 Å². The minimum Gasteiger partial charge on any atom is -0.496 e. The number of ether oxygens (including phenoxy) is 1. The van der Waals surface area contributed by atoms with E-state index in [1.54, 1.807) is 19.2 Å². The normalized spacial score (nSPS) is 11.4. The van der Waals surface area contributed by atoms with Gasteiger partial charge in [-0.2, -0.15) is 0 Å². The minimum atomic E-state index is -0.243. The topological polar surface area (TPSA) is 54.1 Å². The molecule has 27 heavy (non-hydrogen) atoms. The number of fused-ring (bicyclic) bond motifs is 3. The van der Waals surface area contributed by atoms with E-state index in [-0.39, 0.29) is 11.4 Å². The van der Waals surface area contributed by atoms with E-state index in [9.17, 15) is 9.18 Å². The Bertz CT molecular complexity index is 1200. The molecule has 0 bridgehead atoms. The molecule has 2 aromatic heterocycles. The van der Waals surface area contributed by atoms with Gasteiger partial charge in [-0.25, -0.2) is 4.39 Å². The summed E-state index contributed by atoms with van der Waals surface area (Å²) in [5, 5.41) is 6.65. The average Bonchev–Trinajstić information content (AvgIpc) is 3.17. The zero-order chi connectivity index (χ0) is 19.0. The number of aromatic nitrogens is 1. The van der Waals surface area contributed by atoms with E-state index < -0.39 is 0 Å². The van der Waals surface area contributed by atoms with Crippen LogP contribution in [0.1, 0.15) is 5.56 Å². The lowest BCUT2D eigenvalue weighted by Crippen LogP contribution is -2.11. The van der Waals surface area contributed by atoms with E-state index >= 15 is 0 Å². The quantitative estimate of drug-likeness (QED) is 0.541. The van der Waals surface area contributed by atoms with Crippen LogP contribution in [0.5, 0.6) is 5.75 Å². The fourth-order valence-electron chi connectivity index (χ4n) is 3.45. The van der Waals surface area contributed by atoms with Crippen LogP contribution in [0, 0.1) is 5.82 Å². The molecule has 0 fully saturated rings. The van der Waals surface area contributed by atoms with Crippen molar-refractivity contribution in [3.05, 3.63) is 63.5 Å². The largest absolute Gasteiger partial charge is 0.496 e. The van der Waals surface area contributed by atoms with Crippen LogP contribution in [0.3, 0.4) is 0 Å². The molecule has 0 spiro atoms. The van der Waals surface area contributed by atoms with Gasteiger partial charge in [-0.3, -0.25) is 4.79 Å². The number of pyridine rings is 1. The molecular formula is C21H19FN2O2S. The molecule has 0 radical (unpaired) electrons. The maximum atomic E-state index is 14.7. The summed E-state index contributed by atoms with van der Waals surface area (Å²) in [5.74, 6) is 0.400. The van der Waals surface area contributed by atoms with Crippen LogP contribution in [0.4, 0.5) is 4.39 Å². The molecule has 4 rings (SSSR count). The first-order chi connectivity index (χ1) is 13.1. The standard InChI is InChI=1S/C21H19FN2O2S/c1-23-9-7-12-3-4-13(11-15(12)22)18-17(26-2)6-5-16-19(18)14-8-10-27-20(14)21(25)24-16/h3-6,8,10-11,23H,7,9H2,1-2H3,(H,24,25). The van der Waals surface area contributed by atoms with Gasteiger partial charge in [0.1, 0.15) is 16.3 Å². The van der Waals surface area contributed by atoms with Gasteiger partial charge in [-0.1, -0.05) is 12.1 Å². The van der Waals surface area contributed by atoms with E-state index in [1.165, 1.54) is 11.3 Å². The highest BCUT2D eigenvalue weighted by Gasteiger charge is 2.17. The van der Waals surface area contributed by atoms with Crippen molar-refractivity contribution < 1.29 is 9.13 Å². The second kappa shape index (κ2) is 7.13. The molecule has 0 aliphatic heterocycles. The van der Waals surface area contributed by atoms with Gasteiger partial charge in [0.05, 0.1) is 7.11 Å². The molecule has 0 saturated carbocycles. The lowest BCUT2D eigenvalue weighted by atomic mass is 9.96. The summed E-state index contributed by atoms with van der Waals surface area (Å²) in [6.07, 6.45) is 0.622. The third-order valence-corrected chi connectivity index (χ3v) is 5.68. The summed E-state index contributed by atoms with van der Waals surface area (Å²) < 4.78 is 20.9. The summed E-state index contributed by atoms with van der Waals surface area (Å²) >= 11 is 1.40. The molecule has 6 heteroatoms. The molecule has 2 aromatic carbocycles. The second-order valence-electron chi connectivity index (χ2n) is 6.34. The molecular weight excluding hydrogens is 363 g/mol. The SMILES string of the molecule is CNCCc1ccc(-c2c(OC)ccc3[nH]c(=O)c4sccc4c23)cc1F. The lowest BCUT2D eigenvalue weighted by molar-refractivity contribution is 0.417. The van der Waals surface area contributed by atoms with Gasteiger partial charge in [0.15, 0.2) is 0 Å². The fraction of sp³-hybridized carbons (Fsp3) is 0.190. The van der Waals surface area contributed by atoms with Crippen LogP contribution >= 0.6 is 11.3 Å². The van der Waals surface area contributed by atoms with Crippen molar-refractivity contribution in [2.45, 2.75) is 6.42 Å². The number of benzene rings is 2. The summed E-state index contributed by atoms with van der Waals surface area (Å²) in [7, 11) is 3.44. The molecule has 0 aliphatic carbocycles. The smallest absolute Gasteiger partial charge is 0.266 e. The molecule has 0 unspecified atom stereocenters. The zero-order valence-corrected chi connectivity index (χ0v) is 15.9. The van der Waals surface area contributed by atoms with Crippen molar-refractivity contribution in [1.82, 2.24) is 10.3 Å². The van der Waals surface area contributed by atoms with Crippen LogP contribution < -0.4 is 15.6 Å². The van der Waals surface area contributed by atoms with Crippen LogP contribution in [0.25, 0.3) is 32.1 Å². The zero-order valence-electron chi connectivity index (χ0n) is 15.1. The Kier molecular flexibility index (Phi) is 4.68. The van der Waals surface area contributed by atoms with E-state index in [4.69, 9.17) is 4.74 Å². The average molecular weight is 382 g/mol. The predicted molar refractivity (Wildman–Crippen MR) is 110 cm³/mol. The molecule has 2 heterocycles. The summed E-state index contributed by atoms with van der Waals surface area (Å²) in [6.45, 7) is 0.713. The molecule has 0 amide bonds. The van der Waals surface area contributed by atoms with Gasteiger partial charge >= 0.3 is 0 Å². The van der Waals surface area contributed by atoms with Crippen LogP contribution in [-0.2, 0) is 6.42 Å². The van der Waals surface area contributed by atoms with Gasteiger partial charge in [0.2, 0.25) is 0 Å². The number of aromatic amines is 1.